The molecule has 0 amide bonds. The van der Waals surface area contributed by atoms with Crippen molar-refractivity contribution in [3.63, 3.8) is 0 Å². The Balaban J connectivity index is 3.06. The van der Waals surface area contributed by atoms with Gasteiger partial charge in [0.25, 0.3) is 0 Å². The summed E-state index contributed by atoms with van der Waals surface area (Å²) in [6.07, 6.45) is 0. The van der Waals surface area contributed by atoms with Crippen molar-refractivity contribution in [2.45, 2.75) is 27.4 Å². The van der Waals surface area contributed by atoms with Gasteiger partial charge in [-0.15, -0.1) is 0 Å². The van der Waals surface area contributed by atoms with E-state index in [4.69, 9.17) is 14.2 Å². The van der Waals surface area contributed by atoms with E-state index in [-0.39, 0.29) is 0 Å². The Labute approximate surface area is 106 Å². The molecule has 93 valence electrons. The van der Waals surface area contributed by atoms with Gasteiger partial charge in [0, 0.05) is 12.2 Å². The smallest absolute Gasteiger partial charge is 0.166 e. The van der Waals surface area contributed by atoms with Gasteiger partial charge in [-0.2, -0.15) is 0 Å². The summed E-state index contributed by atoms with van der Waals surface area (Å²) in [5, 5.41) is 0.899. The van der Waals surface area contributed by atoms with Crippen LogP contribution in [-0.2, 0) is 11.3 Å². The molecule has 0 aromatic heterocycles. The zero-order chi connectivity index (χ0) is 12.7. The average Bonchev–Trinajstić information content (AvgIpc) is 2.33. The molecule has 0 aliphatic carbocycles. The molecule has 0 aliphatic heterocycles. The molecule has 3 nitrogen and oxygen atoms in total. The van der Waals surface area contributed by atoms with Crippen molar-refractivity contribution in [3.05, 3.63) is 17.7 Å². The van der Waals surface area contributed by atoms with Crippen LogP contribution in [0.2, 0.25) is 0 Å². The summed E-state index contributed by atoms with van der Waals surface area (Å²) in [6, 6.07) is 3.95. The molecule has 0 atom stereocenters. The monoisotopic (exact) mass is 251 g/mol. The van der Waals surface area contributed by atoms with Crippen LogP contribution in [0.4, 0.5) is 0 Å². The summed E-state index contributed by atoms with van der Waals surface area (Å²) in [7, 11) is 3.53. The first-order chi connectivity index (χ1) is 8.24. The van der Waals surface area contributed by atoms with Gasteiger partial charge in [-0.25, -0.2) is 0 Å². The van der Waals surface area contributed by atoms with Crippen molar-refractivity contribution in [3.8, 4) is 11.5 Å². The first-order valence-corrected chi connectivity index (χ1v) is 6.45. The molecule has 1 rings (SSSR count). The summed E-state index contributed by atoms with van der Waals surface area (Å²) in [6.45, 7) is 8.33. The minimum Gasteiger partial charge on any atom is -0.490 e. The minimum absolute atomic E-state index is 0.540. The highest BCUT2D eigenvalue weighted by Crippen LogP contribution is 2.30. The van der Waals surface area contributed by atoms with E-state index >= 15 is 0 Å². The zero-order valence-corrected chi connectivity index (χ0v) is 11.7. The van der Waals surface area contributed by atoms with E-state index in [9.17, 15) is 0 Å². The SMILES string of the molecule is CCOCc1ccc([Si])c(OCC)c1OCC. The van der Waals surface area contributed by atoms with Crippen LogP contribution in [0.25, 0.3) is 0 Å². The predicted octanol–water partition coefficient (Wildman–Crippen LogP) is 1.81. The molecule has 0 heterocycles. The molecule has 0 N–H and O–H groups in total. The van der Waals surface area contributed by atoms with Gasteiger partial charge in [0.1, 0.15) is 0 Å². The second kappa shape index (κ2) is 7.35. The highest BCUT2D eigenvalue weighted by molar-refractivity contribution is 6.34. The molecule has 1 aromatic rings. The van der Waals surface area contributed by atoms with E-state index in [2.05, 4.69) is 10.2 Å². The molecule has 0 unspecified atom stereocenters. The number of hydrogen-bond donors (Lipinski definition) is 0. The van der Waals surface area contributed by atoms with Gasteiger partial charge in [-0.05, 0) is 26.0 Å². The van der Waals surface area contributed by atoms with Gasteiger partial charge in [0.05, 0.1) is 30.1 Å². The van der Waals surface area contributed by atoms with Crippen LogP contribution in [0.15, 0.2) is 12.1 Å². The first-order valence-electron chi connectivity index (χ1n) is 5.95. The van der Waals surface area contributed by atoms with Crippen molar-refractivity contribution in [1.82, 2.24) is 0 Å². The fourth-order valence-electron chi connectivity index (χ4n) is 1.52. The fraction of sp³-hybridized carbons (Fsp3) is 0.538. The lowest BCUT2D eigenvalue weighted by atomic mass is 10.2. The molecule has 0 bridgehead atoms. The van der Waals surface area contributed by atoms with E-state index in [1.165, 1.54) is 0 Å². The van der Waals surface area contributed by atoms with Gasteiger partial charge in [0.15, 0.2) is 11.5 Å². The van der Waals surface area contributed by atoms with Gasteiger partial charge < -0.3 is 14.2 Å². The third kappa shape index (κ3) is 3.75. The van der Waals surface area contributed by atoms with Crippen LogP contribution < -0.4 is 14.7 Å². The first kappa shape index (κ1) is 14.1. The average molecular weight is 251 g/mol. The Kier molecular flexibility index (Phi) is 6.08. The third-order valence-corrected chi connectivity index (χ3v) is 2.63. The van der Waals surface area contributed by atoms with E-state index in [0.717, 1.165) is 22.2 Å². The lowest BCUT2D eigenvalue weighted by molar-refractivity contribution is 0.130. The van der Waals surface area contributed by atoms with Crippen molar-refractivity contribution in [1.29, 1.82) is 0 Å². The van der Waals surface area contributed by atoms with Gasteiger partial charge in [-0.1, -0.05) is 12.1 Å². The number of ether oxygens (including phenoxy) is 3. The number of hydrogen-bond acceptors (Lipinski definition) is 3. The quantitative estimate of drug-likeness (QED) is 0.692. The lowest BCUT2D eigenvalue weighted by Gasteiger charge is -2.17. The molecule has 0 saturated heterocycles. The van der Waals surface area contributed by atoms with Crippen LogP contribution in [-0.4, -0.2) is 30.1 Å². The fourth-order valence-corrected chi connectivity index (χ4v) is 1.79. The van der Waals surface area contributed by atoms with Gasteiger partial charge in [-0.3, -0.25) is 0 Å². The molecular formula is C13H19O3Si. The van der Waals surface area contributed by atoms with Crippen LogP contribution >= 0.6 is 0 Å². The van der Waals surface area contributed by atoms with E-state index in [1.807, 2.05) is 32.9 Å². The Morgan fingerprint density at radius 3 is 2.18 bits per heavy atom. The Bertz CT molecular complexity index is 353. The Hall–Kier alpha value is -1.00. The van der Waals surface area contributed by atoms with Gasteiger partial charge >= 0.3 is 0 Å². The molecule has 17 heavy (non-hydrogen) atoms. The zero-order valence-electron chi connectivity index (χ0n) is 10.7. The molecule has 0 saturated carbocycles. The topological polar surface area (TPSA) is 27.7 Å². The van der Waals surface area contributed by atoms with Crippen LogP contribution in [0.3, 0.4) is 0 Å². The normalized spacial score (nSPS) is 10.4. The molecular weight excluding hydrogens is 232 g/mol. The van der Waals surface area contributed by atoms with Crippen molar-refractivity contribution < 1.29 is 14.2 Å². The summed E-state index contributed by atoms with van der Waals surface area (Å²) in [5.74, 6) is 1.53. The third-order valence-electron chi connectivity index (χ3n) is 2.23. The maximum Gasteiger partial charge on any atom is 0.166 e. The summed E-state index contributed by atoms with van der Waals surface area (Å²) < 4.78 is 16.7. The van der Waals surface area contributed by atoms with Crippen molar-refractivity contribution in [2.24, 2.45) is 0 Å². The number of rotatable bonds is 7. The van der Waals surface area contributed by atoms with Crippen molar-refractivity contribution in [2.75, 3.05) is 19.8 Å². The summed E-state index contributed by atoms with van der Waals surface area (Å²) >= 11 is 0. The highest BCUT2D eigenvalue weighted by atomic mass is 28.1. The predicted molar refractivity (Wildman–Crippen MR) is 69.5 cm³/mol. The van der Waals surface area contributed by atoms with Gasteiger partial charge in [0.2, 0.25) is 0 Å². The maximum atomic E-state index is 5.66. The van der Waals surface area contributed by atoms with E-state index in [1.54, 1.807) is 0 Å². The second-order valence-corrected chi connectivity index (χ2v) is 3.97. The lowest BCUT2D eigenvalue weighted by Crippen LogP contribution is -2.13. The molecule has 0 fully saturated rings. The van der Waals surface area contributed by atoms with Crippen molar-refractivity contribution >= 4 is 15.4 Å². The highest BCUT2D eigenvalue weighted by Gasteiger charge is 2.13. The molecule has 0 spiro atoms. The van der Waals surface area contributed by atoms with Crippen LogP contribution in [0.5, 0.6) is 11.5 Å². The summed E-state index contributed by atoms with van der Waals surface area (Å²) in [4.78, 5) is 0. The molecule has 0 aliphatic rings. The number of benzene rings is 1. The minimum atomic E-state index is 0.540. The standard InChI is InChI=1S/C13H19O3Si/c1-4-14-9-10-7-8-11(17)13(16-6-3)12(10)15-5-2/h7-8H,4-6,9H2,1-3H3. The largest absolute Gasteiger partial charge is 0.490 e. The second-order valence-electron chi connectivity index (χ2n) is 3.43. The van der Waals surface area contributed by atoms with Crippen LogP contribution in [0, 0.1) is 0 Å². The van der Waals surface area contributed by atoms with E-state index in [0.29, 0.717) is 26.4 Å². The molecule has 1 aromatic carbocycles. The molecule has 4 heteroatoms. The molecule has 3 radical (unpaired) electrons. The Morgan fingerprint density at radius 1 is 0.941 bits per heavy atom. The van der Waals surface area contributed by atoms with Crippen LogP contribution in [0.1, 0.15) is 26.3 Å². The van der Waals surface area contributed by atoms with E-state index < -0.39 is 0 Å². The Morgan fingerprint density at radius 2 is 1.59 bits per heavy atom. The summed E-state index contributed by atoms with van der Waals surface area (Å²) in [5.41, 5.74) is 1.01. The maximum absolute atomic E-state index is 5.66.